The van der Waals surface area contributed by atoms with Crippen molar-refractivity contribution in [3.8, 4) is 0 Å². The standard InChI is InChI=1S/C14H22N5O9PS/c1-26-9-7(3-4-30(24,25)6-29(21,22)23)28-13(10(9)27-2)19-5-16-8-11(19)17-14(15)18-12(8)20/h5,7,9-10,13H,3-4,6H2,1-2H3,(H2,21,22,23)(H3,15,17,18,20)/t7-,9-,10-,13-/m1/s1. The Balaban J connectivity index is 1.88. The first-order valence-corrected chi connectivity index (χ1v) is 12.3. The first kappa shape index (κ1) is 22.8. The molecule has 1 saturated heterocycles. The summed E-state index contributed by atoms with van der Waals surface area (Å²) in [6.45, 7) is 0. The summed E-state index contributed by atoms with van der Waals surface area (Å²) in [5, 5.41) is 0. The van der Waals surface area contributed by atoms with Crippen molar-refractivity contribution in [3.63, 3.8) is 0 Å². The monoisotopic (exact) mass is 467 g/mol. The Hall–Kier alpha value is -1.87. The normalized spacial score (nSPS) is 25.2. The lowest BCUT2D eigenvalue weighted by atomic mass is 10.1. The molecule has 2 aromatic heterocycles. The smallest absolute Gasteiger partial charge is 0.340 e. The van der Waals surface area contributed by atoms with Gasteiger partial charge in [0.15, 0.2) is 32.7 Å². The Morgan fingerprint density at radius 2 is 2.00 bits per heavy atom. The molecular formula is C14H22N5O9PS. The molecule has 4 atom stereocenters. The Morgan fingerprint density at radius 3 is 2.60 bits per heavy atom. The number of fused-ring (bicyclic) bond motifs is 1. The number of nitrogen functional groups attached to an aromatic ring is 1. The largest absolute Gasteiger partial charge is 0.376 e. The lowest BCUT2D eigenvalue weighted by Crippen LogP contribution is -2.36. The highest BCUT2D eigenvalue weighted by Gasteiger charge is 2.47. The topological polar surface area (TPSA) is 209 Å². The molecular weight excluding hydrogens is 445 g/mol. The van der Waals surface area contributed by atoms with Gasteiger partial charge in [0.05, 0.1) is 18.2 Å². The molecule has 14 nitrogen and oxygen atoms in total. The molecule has 0 spiro atoms. The minimum atomic E-state index is -4.73. The number of aromatic amines is 1. The zero-order valence-electron chi connectivity index (χ0n) is 16.0. The van der Waals surface area contributed by atoms with Crippen LogP contribution in [0.4, 0.5) is 5.95 Å². The number of hydrogen-bond donors (Lipinski definition) is 4. The number of aromatic nitrogens is 4. The van der Waals surface area contributed by atoms with E-state index in [1.54, 1.807) is 0 Å². The zero-order valence-corrected chi connectivity index (χ0v) is 17.7. The fourth-order valence-electron chi connectivity index (χ4n) is 3.45. The van der Waals surface area contributed by atoms with Gasteiger partial charge in [0.1, 0.15) is 12.2 Å². The van der Waals surface area contributed by atoms with Crippen molar-refractivity contribution in [2.45, 2.75) is 31.0 Å². The van der Waals surface area contributed by atoms with Crippen LogP contribution in [0.5, 0.6) is 0 Å². The lowest BCUT2D eigenvalue weighted by molar-refractivity contribution is -0.0517. The van der Waals surface area contributed by atoms with Crippen LogP contribution in [0.25, 0.3) is 11.2 Å². The van der Waals surface area contributed by atoms with Gasteiger partial charge in [-0.15, -0.1) is 0 Å². The predicted octanol–water partition coefficient (Wildman–Crippen LogP) is -1.43. The Bertz CT molecular complexity index is 1130. The number of hydrogen-bond acceptors (Lipinski definition) is 10. The third kappa shape index (κ3) is 4.72. The van der Waals surface area contributed by atoms with E-state index in [0.29, 0.717) is 0 Å². The number of sulfone groups is 1. The SMILES string of the molecule is CO[C@@H]1[C@H](OC)[C@@H](CCS(=O)(=O)CP(=O)(O)O)O[C@H]1n1cnc2c(=O)[nH]c(N)nc21. The highest BCUT2D eigenvalue weighted by Crippen LogP contribution is 2.38. The Kier molecular flexibility index (Phi) is 6.34. The summed E-state index contributed by atoms with van der Waals surface area (Å²) in [5.41, 5.74) is 4.00. The van der Waals surface area contributed by atoms with Gasteiger partial charge in [-0.05, 0) is 6.42 Å². The maximum absolute atomic E-state index is 12.0. The molecule has 1 aliphatic heterocycles. The van der Waals surface area contributed by atoms with E-state index < -0.39 is 58.8 Å². The number of imidazole rings is 1. The summed E-state index contributed by atoms with van der Waals surface area (Å²) in [7, 11) is -5.95. The van der Waals surface area contributed by atoms with Crippen LogP contribution in [0.1, 0.15) is 12.6 Å². The quantitative estimate of drug-likeness (QED) is 0.329. The summed E-state index contributed by atoms with van der Waals surface area (Å²) < 4.78 is 53.4. The molecule has 0 unspecified atom stereocenters. The van der Waals surface area contributed by atoms with Gasteiger partial charge in [0, 0.05) is 14.2 Å². The van der Waals surface area contributed by atoms with Gasteiger partial charge in [0.2, 0.25) is 5.95 Å². The molecule has 0 aliphatic carbocycles. The molecule has 5 N–H and O–H groups in total. The van der Waals surface area contributed by atoms with Crippen molar-refractivity contribution in [2.75, 3.05) is 31.2 Å². The van der Waals surface area contributed by atoms with Gasteiger partial charge >= 0.3 is 7.60 Å². The minimum Gasteiger partial charge on any atom is -0.376 e. The molecule has 30 heavy (non-hydrogen) atoms. The third-order valence-electron chi connectivity index (χ3n) is 4.63. The van der Waals surface area contributed by atoms with Gasteiger partial charge in [-0.2, -0.15) is 4.98 Å². The summed E-state index contributed by atoms with van der Waals surface area (Å²) in [4.78, 5) is 40.3. The van der Waals surface area contributed by atoms with Crippen LogP contribution in [0, 0.1) is 0 Å². The molecule has 168 valence electrons. The molecule has 16 heteroatoms. The van der Waals surface area contributed by atoms with Crippen LogP contribution in [0.15, 0.2) is 11.1 Å². The molecule has 0 aromatic carbocycles. The van der Waals surface area contributed by atoms with Crippen LogP contribution in [0.3, 0.4) is 0 Å². The summed E-state index contributed by atoms with van der Waals surface area (Å²) in [6, 6.07) is 0. The molecule has 1 aliphatic rings. The fourth-order valence-corrected chi connectivity index (χ4v) is 6.60. The van der Waals surface area contributed by atoms with Crippen molar-refractivity contribution >= 4 is 34.5 Å². The van der Waals surface area contributed by atoms with Gasteiger partial charge in [-0.1, -0.05) is 0 Å². The fraction of sp³-hybridized carbons (Fsp3) is 0.643. The van der Waals surface area contributed by atoms with E-state index in [1.165, 1.54) is 25.1 Å². The number of H-pyrrole nitrogens is 1. The molecule has 0 amide bonds. The van der Waals surface area contributed by atoms with Crippen molar-refractivity contribution in [3.05, 3.63) is 16.7 Å². The van der Waals surface area contributed by atoms with Crippen molar-refractivity contribution in [2.24, 2.45) is 0 Å². The van der Waals surface area contributed by atoms with E-state index in [0.717, 1.165) is 0 Å². The van der Waals surface area contributed by atoms with Gasteiger partial charge in [0.25, 0.3) is 5.56 Å². The van der Waals surface area contributed by atoms with E-state index in [4.69, 9.17) is 29.7 Å². The Labute approximate surface area is 170 Å². The highest BCUT2D eigenvalue weighted by atomic mass is 32.2. The van der Waals surface area contributed by atoms with E-state index in [1.807, 2.05) is 0 Å². The average molecular weight is 467 g/mol. The number of nitrogens with two attached hydrogens (primary N) is 1. The second-order valence-electron chi connectivity index (χ2n) is 6.77. The molecule has 3 heterocycles. The zero-order chi connectivity index (χ0) is 22.3. The van der Waals surface area contributed by atoms with E-state index in [9.17, 15) is 17.8 Å². The van der Waals surface area contributed by atoms with Crippen molar-refractivity contribution in [1.29, 1.82) is 0 Å². The number of anilines is 1. The summed E-state index contributed by atoms with van der Waals surface area (Å²) in [5.74, 6) is -0.647. The maximum atomic E-state index is 12.0. The third-order valence-corrected chi connectivity index (χ3v) is 8.41. The second kappa shape index (κ2) is 8.34. The highest BCUT2D eigenvalue weighted by molar-refractivity contribution is 7.97. The van der Waals surface area contributed by atoms with Crippen LogP contribution < -0.4 is 11.3 Å². The second-order valence-corrected chi connectivity index (χ2v) is 11.0. The predicted molar refractivity (Wildman–Crippen MR) is 103 cm³/mol. The molecule has 0 bridgehead atoms. The van der Waals surface area contributed by atoms with Crippen molar-refractivity contribution in [1.82, 2.24) is 19.5 Å². The molecule has 0 saturated carbocycles. The molecule has 3 rings (SSSR count). The first-order chi connectivity index (χ1) is 14.0. The van der Waals surface area contributed by atoms with E-state index >= 15 is 0 Å². The van der Waals surface area contributed by atoms with Gasteiger partial charge in [-0.25, -0.2) is 13.4 Å². The lowest BCUT2D eigenvalue weighted by Gasteiger charge is -2.22. The molecule has 0 radical (unpaired) electrons. The van der Waals surface area contributed by atoms with Crippen LogP contribution in [0.2, 0.25) is 0 Å². The van der Waals surface area contributed by atoms with Crippen LogP contribution >= 0.6 is 7.60 Å². The van der Waals surface area contributed by atoms with Crippen LogP contribution in [-0.4, -0.2) is 81.5 Å². The minimum absolute atomic E-state index is 0.0318. The van der Waals surface area contributed by atoms with Crippen molar-refractivity contribution < 1.29 is 37.0 Å². The van der Waals surface area contributed by atoms with E-state index in [-0.39, 0.29) is 23.5 Å². The molecule has 2 aromatic rings. The summed E-state index contributed by atoms with van der Waals surface area (Å²) >= 11 is 0. The van der Waals surface area contributed by atoms with Crippen LogP contribution in [-0.2, 0) is 28.6 Å². The van der Waals surface area contributed by atoms with E-state index in [2.05, 4.69) is 15.0 Å². The van der Waals surface area contributed by atoms with Gasteiger partial charge in [-0.3, -0.25) is 18.9 Å². The summed E-state index contributed by atoms with van der Waals surface area (Å²) in [6.07, 6.45) is -1.85. The number of methoxy groups -OCH3 is 2. The first-order valence-electron chi connectivity index (χ1n) is 8.64. The Morgan fingerprint density at radius 1 is 1.33 bits per heavy atom. The maximum Gasteiger partial charge on any atom is 0.340 e. The van der Waals surface area contributed by atoms with Gasteiger partial charge < -0.3 is 29.7 Å². The number of nitrogens with zero attached hydrogens (tertiary/aromatic N) is 3. The number of nitrogens with one attached hydrogen (secondary N) is 1. The molecule has 1 fully saturated rings. The number of ether oxygens (including phenoxy) is 3. The number of rotatable bonds is 8. The average Bonchev–Trinajstić information content (AvgIpc) is 3.18.